The molecule has 1 aromatic carbocycles. The Morgan fingerprint density at radius 3 is 2.46 bits per heavy atom. The van der Waals surface area contributed by atoms with E-state index in [1.54, 1.807) is 21.1 Å². The SMILES string of the molecule is CCOC(=O)CC(=O)CC1=NCCc2cc(OC)c(OC)cc21.Cl. The zero-order chi connectivity index (χ0) is 16.8. The van der Waals surface area contributed by atoms with E-state index in [2.05, 4.69) is 4.99 Å². The van der Waals surface area contributed by atoms with E-state index in [1.165, 1.54) is 0 Å². The van der Waals surface area contributed by atoms with Gasteiger partial charge in [-0.15, -0.1) is 12.4 Å². The van der Waals surface area contributed by atoms with Crippen LogP contribution < -0.4 is 9.47 Å². The quantitative estimate of drug-likeness (QED) is 0.554. The molecule has 1 heterocycles. The topological polar surface area (TPSA) is 74.2 Å². The van der Waals surface area contributed by atoms with Crippen molar-refractivity contribution in [2.45, 2.75) is 26.2 Å². The molecule has 6 nitrogen and oxygen atoms in total. The molecule has 2 rings (SSSR count). The molecule has 0 saturated carbocycles. The third-order valence-corrected chi connectivity index (χ3v) is 3.62. The van der Waals surface area contributed by atoms with Gasteiger partial charge in [-0.2, -0.15) is 0 Å². The van der Waals surface area contributed by atoms with Crippen molar-refractivity contribution < 1.29 is 23.8 Å². The largest absolute Gasteiger partial charge is 0.493 e. The van der Waals surface area contributed by atoms with E-state index in [0.717, 1.165) is 17.5 Å². The molecule has 0 bridgehead atoms. The monoisotopic (exact) mass is 355 g/mol. The number of methoxy groups -OCH3 is 2. The van der Waals surface area contributed by atoms with Gasteiger partial charge in [0.25, 0.3) is 0 Å². The molecule has 0 spiro atoms. The molecule has 1 aromatic rings. The fourth-order valence-electron chi connectivity index (χ4n) is 2.57. The van der Waals surface area contributed by atoms with Gasteiger partial charge >= 0.3 is 5.97 Å². The lowest BCUT2D eigenvalue weighted by atomic mass is 9.93. The van der Waals surface area contributed by atoms with Crippen LogP contribution in [0.1, 0.15) is 30.9 Å². The third kappa shape index (κ3) is 4.71. The Hall–Kier alpha value is -2.08. The molecule has 1 aliphatic heterocycles. The van der Waals surface area contributed by atoms with Gasteiger partial charge in [0, 0.05) is 24.2 Å². The number of halogens is 1. The second-order valence-electron chi connectivity index (χ2n) is 5.14. The number of Topliss-reactive ketones (excluding diaryl/α,β-unsaturated/α-hetero) is 1. The Labute approximate surface area is 147 Å². The number of nitrogens with zero attached hydrogens (tertiary/aromatic N) is 1. The highest BCUT2D eigenvalue weighted by Crippen LogP contribution is 2.33. The molecule has 132 valence electrons. The summed E-state index contributed by atoms with van der Waals surface area (Å²) >= 11 is 0. The van der Waals surface area contributed by atoms with Gasteiger partial charge in [0.05, 0.1) is 20.8 Å². The van der Waals surface area contributed by atoms with Gasteiger partial charge in [-0.25, -0.2) is 0 Å². The van der Waals surface area contributed by atoms with Crippen LogP contribution in [0.25, 0.3) is 0 Å². The molecule has 0 unspecified atom stereocenters. The summed E-state index contributed by atoms with van der Waals surface area (Å²) in [5, 5.41) is 0. The number of esters is 1. The molecular weight excluding hydrogens is 334 g/mol. The number of hydrogen-bond acceptors (Lipinski definition) is 6. The van der Waals surface area contributed by atoms with Crippen molar-refractivity contribution >= 4 is 29.9 Å². The molecular formula is C17H22ClNO5. The number of rotatable bonds is 7. The molecule has 0 radical (unpaired) electrons. The highest BCUT2D eigenvalue weighted by molar-refractivity contribution is 6.15. The van der Waals surface area contributed by atoms with Crippen LogP contribution in [-0.4, -0.2) is 44.8 Å². The summed E-state index contributed by atoms with van der Waals surface area (Å²) < 4.78 is 15.4. The number of benzene rings is 1. The fraction of sp³-hybridized carbons (Fsp3) is 0.471. The molecule has 0 saturated heterocycles. The lowest BCUT2D eigenvalue weighted by Crippen LogP contribution is -2.19. The second kappa shape index (κ2) is 9.27. The van der Waals surface area contributed by atoms with Crippen LogP contribution in [0.5, 0.6) is 11.5 Å². The summed E-state index contributed by atoms with van der Waals surface area (Å²) in [5.74, 6) is 0.551. The van der Waals surface area contributed by atoms with Gasteiger partial charge in [0.1, 0.15) is 12.2 Å². The highest BCUT2D eigenvalue weighted by Gasteiger charge is 2.21. The maximum absolute atomic E-state index is 12.0. The van der Waals surface area contributed by atoms with Gasteiger partial charge in [-0.1, -0.05) is 0 Å². The minimum Gasteiger partial charge on any atom is -0.493 e. The number of aliphatic imine (C=N–C) groups is 1. The van der Waals surface area contributed by atoms with Gasteiger partial charge in [-0.05, 0) is 31.0 Å². The van der Waals surface area contributed by atoms with E-state index < -0.39 is 5.97 Å². The third-order valence-electron chi connectivity index (χ3n) is 3.62. The predicted molar refractivity (Wildman–Crippen MR) is 92.8 cm³/mol. The average molecular weight is 356 g/mol. The van der Waals surface area contributed by atoms with Crippen molar-refractivity contribution in [3.05, 3.63) is 23.3 Å². The van der Waals surface area contributed by atoms with Gasteiger partial charge in [-0.3, -0.25) is 14.6 Å². The Bertz CT molecular complexity index is 642. The van der Waals surface area contributed by atoms with Crippen LogP contribution in [0.2, 0.25) is 0 Å². The summed E-state index contributed by atoms with van der Waals surface area (Å²) in [5.41, 5.74) is 2.63. The zero-order valence-electron chi connectivity index (χ0n) is 14.1. The smallest absolute Gasteiger partial charge is 0.313 e. The average Bonchev–Trinajstić information content (AvgIpc) is 2.53. The van der Waals surface area contributed by atoms with Gasteiger partial charge < -0.3 is 14.2 Å². The second-order valence-corrected chi connectivity index (χ2v) is 5.14. The summed E-state index contributed by atoms with van der Waals surface area (Å²) in [4.78, 5) is 27.9. The molecule has 7 heteroatoms. The van der Waals surface area contributed by atoms with Crippen LogP contribution in [0.4, 0.5) is 0 Å². The summed E-state index contributed by atoms with van der Waals surface area (Å²) in [7, 11) is 3.15. The molecule has 0 aliphatic carbocycles. The number of fused-ring (bicyclic) bond motifs is 1. The van der Waals surface area contributed by atoms with Crippen molar-refractivity contribution in [1.82, 2.24) is 0 Å². The first-order valence-electron chi connectivity index (χ1n) is 7.55. The molecule has 0 N–H and O–H groups in total. The number of ether oxygens (including phenoxy) is 3. The van der Waals surface area contributed by atoms with Crippen LogP contribution in [0, 0.1) is 0 Å². The van der Waals surface area contributed by atoms with Crippen molar-refractivity contribution in [3.63, 3.8) is 0 Å². The molecule has 0 atom stereocenters. The lowest BCUT2D eigenvalue weighted by Gasteiger charge is -2.19. The van der Waals surface area contributed by atoms with E-state index >= 15 is 0 Å². The normalized spacial score (nSPS) is 12.4. The molecule has 24 heavy (non-hydrogen) atoms. The van der Waals surface area contributed by atoms with Crippen LogP contribution >= 0.6 is 12.4 Å². The number of ketones is 1. The molecule has 1 aliphatic rings. The van der Waals surface area contributed by atoms with Crippen molar-refractivity contribution in [3.8, 4) is 11.5 Å². The first-order chi connectivity index (χ1) is 11.1. The van der Waals surface area contributed by atoms with Gasteiger partial charge in [0.15, 0.2) is 11.5 Å². The fourth-order valence-corrected chi connectivity index (χ4v) is 2.57. The van der Waals surface area contributed by atoms with E-state index in [9.17, 15) is 9.59 Å². The highest BCUT2D eigenvalue weighted by atomic mass is 35.5. The van der Waals surface area contributed by atoms with Crippen molar-refractivity contribution in [2.24, 2.45) is 4.99 Å². The first-order valence-corrected chi connectivity index (χ1v) is 7.55. The lowest BCUT2D eigenvalue weighted by molar-refractivity contribution is -0.145. The van der Waals surface area contributed by atoms with Crippen molar-refractivity contribution in [2.75, 3.05) is 27.4 Å². The maximum Gasteiger partial charge on any atom is 0.313 e. The van der Waals surface area contributed by atoms with Crippen LogP contribution in [-0.2, 0) is 20.7 Å². The minimum atomic E-state index is -0.499. The van der Waals surface area contributed by atoms with Crippen molar-refractivity contribution in [1.29, 1.82) is 0 Å². The van der Waals surface area contributed by atoms with E-state index in [1.807, 2.05) is 12.1 Å². The number of carbonyl (C=O) groups is 2. The molecule has 0 fully saturated rings. The number of carbonyl (C=O) groups excluding carboxylic acids is 2. The van der Waals surface area contributed by atoms with E-state index in [-0.39, 0.29) is 37.6 Å². The maximum atomic E-state index is 12.0. The number of hydrogen-bond donors (Lipinski definition) is 0. The predicted octanol–water partition coefficient (Wildman–Crippen LogP) is 2.38. The van der Waals surface area contributed by atoms with Crippen LogP contribution in [0.3, 0.4) is 0 Å². The minimum absolute atomic E-state index is 0. The van der Waals surface area contributed by atoms with Gasteiger partial charge in [0.2, 0.25) is 0 Å². The summed E-state index contributed by atoms with van der Waals surface area (Å²) in [6.07, 6.45) is 0.669. The Balaban J connectivity index is 0.00000288. The molecule has 0 amide bonds. The Morgan fingerprint density at radius 2 is 1.83 bits per heavy atom. The Morgan fingerprint density at radius 1 is 1.17 bits per heavy atom. The Kier molecular flexibility index (Phi) is 7.71. The first kappa shape index (κ1) is 20.0. The van der Waals surface area contributed by atoms with E-state index in [0.29, 0.717) is 23.8 Å². The zero-order valence-corrected chi connectivity index (χ0v) is 14.9. The molecule has 0 aromatic heterocycles. The summed E-state index contributed by atoms with van der Waals surface area (Å²) in [6.45, 7) is 2.60. The summed E-state index contributed by atoms with van der Waals surface area (Å²) in [6, 6.07) is 3.75. The van der Waals surface area contributed by atoms with E-state index in [4.69, 9.17) is 14.2 Å². The van der Waals surface area contributed by atoms with Crippen LogP contribution in [0.15, 0.2) is 17.1 Å². The standard InChI is InChI=1S/C17H21NO5.ClH/c1-4-23-17(20)9-12(19)8-14-13-10-16(22-3)15(21-2)7-11(13)5-6-18-14;/h7,10H,4-6,8-9H2,1-3H3;1H.